The number of carbonyl (C=O) groups is 1. The minimum atomic E-state index is -4.84. The van der Waals surface area contributed by atoms with Gasteiger partial charge in [0.05, 0.1) is 37.1 Å². The highest BCUT2D eigenvalue weighted by Crippen LogP contribution is 2.50. The highest BCUT2D eigenvalue weighted by Gasteiger charge is 2.52. The second-order valence-corrected chi connectivity index (χ2v) is 10.2. The van der Waals surface area contributed by atoms with Crippen LogP contribution in [0.15, 0.2) is 0 Å². The Labute approximate surface area is 178 Å². The standard InChI is InChI=1S/C19H36NO9P/c1-10(2)25-9-19(20)15(8-13(6)27-19)28-30(23,24)29-18(22)16-14(26-11(3)4)7-12(5)17(16)21/h10-17,21H,7-9,20H2,1-6H3,(H,23,24). The van der Waals surface area contributed by atoms with Crippen LogP contribution in [0.5, 0.6) is 0 Å². The number of rotatable bonds is 9. The van der Waals surface area contributed by atoms with Crippen LogP contribution in [0.1, 0.15) is 54.4 Å². The number of ether oxygens (including phenoxy) is 3. The molecule has 1 aliphatic carbocycles. The van der Waals surface area contributed by atoms with Gasteiger partial charge < -0.3 is 23.8 Å². The Kier molecular flexibility index (Phi) is 8.49. The summed E-state index contributed by atoms with van der Waals surface area (Å²) in [5, 5.41) is 10.4. The fourth-order valence-electron chi connectivity index (χ4n) is 3.92. The summed E-state index contributed by atoms with van der Waals surface area (Å²) in [6.07, 6.45) is -2.69. The van der Waals surface area contributed by atoms with E-state index < -0.39 is 43.7 Å². The van der Waals surface area contributed by atoms with Gasteiger partial charge in [-0.3, -0.25) is 19.9 Å². The first-order valence-corrected chi connectivity index (χ1v) is 11.9. The number of aliphatic hydroxyl groups is 1. The normalized spacial score (nSPS) is 38.9. The molecule has 2 fully saturated rings. The van der Waals surface area contributed by atoms with Crippen LogP contribution in [-0.4, -0.2) is 64.9 Å². The Morgan fingerprint density at radius 2 is 1.87 bits per heavy atom. The number of hydrogen-bond acceptors (Lipinski definition) is 9. The lowest BCUT2D eigenvalue weighted by Crippen LogP contribution is -2.53. The Morgan fingerprint density at radius 1 is 1.23 bits per heavy atom. The van der Waals surface area contributed by atoms with Gasteiger partial charge in [0.25, 0.3) is 0 Å². The summed E-state index contributed by atoms with van der Waals surface area (Å²) in [5.74, 6) is -2.35. The second kappa shape index (κ2) is 9.92. The van der Waals surface area contributed by atoms with E-state index in [4.69, 9.17) is 29.0 Å². The van der Waals surface area contributed by atoms with Gasteiger partial charge in [0.15, 0.2) is 5.72 Å². The number of phosphoric acid groups is 1. The van der Waals surface area contributed by atoms with E-state index in [1.54, 1.807) is 27.7 Å². The highest BCUT2D eigenvalue weighted by atomic mass is 31.2. The third-order valence-corrected chi connectivity index (χ3v) is 6.23. The summed E-state index contributed by atoms with van der Waals surface area (Å²) in [5.41, 5.74) is 4.76. The van der Waals surface area contributed by atoms with Gasteiger partial charge in [0, 0.05) is 6.42 Å². The van der Waals surface area contributed by atoms with Gasteiger partial charge in [-0.1, -0.05) is 6.92 Å². The average Bonchev–Trinajstić information content (AvgIpc) is 3.00. The first-order chi connectivity index (χ1) is 13.7. The minimum Gasteiger partial charge on any atom is -0.392 e. The number of hydrogen-bond donors (Lipinski definition) is 3. The van der Waals surface area contributed by atoms with Crippen LogP contribution in [0.2, 0.25) is 0 Å². The van der Waals surface area contributed by atoms with Gasteiger partial charge >= 0.3 is 13.8 Å². The van der Waals surface area contributed by atoms with Gasteiger partial charge in [0.1, 0.15) is 12.0 Å². The molecule has 1 heterocycles. The molecule has 0 bridgehead atoms. The predicted octanol–water partition coefficient (Wildman–Crippen LogP) is 1.71. The fourth-order valence-corrected chi connectivity index (χ4v) is 4.90. The molecule has 11 heteroatoms. The lowest BCUT2D eigenvalue weighted by molar-refractivity contribution is -0.153. The molecule has 1 saturated heterocycles. The molecule has 176 valence electrons. The maximum atomic E-state index is 12.7. The van der Waals surface area contributed by atoms with Crippen molar-refractivity contribution >= 4 is 13.8 Å². The SMILES string of the molecule is CC(C)OCC1(N)OC(C)CC1OP(=O)(O)OC(=O)C1C(OC(C)C)CC(C)C1O. The molecule has 0 aromatic heterocycles. The summed E-state index contributed by atoms with van der Waals surface area (Å²) in [7, 11) is -4.84. The smallest absolute Gasteiger partial charge is 0.392 e. The van der Waals surface area contributed by atoms with Crippen molar-refractivity contribution in [3.8, 4) is 0 Å². The molecule has 2 rings (SSSR count). The van der Waals surface area contributed by atoms with E-state index in [0.717, 1.165) is 0 Å². The molecule has 8 unspecified atom stereocenters. The number of aliphatic hydroxyl groups excluding tert-OH is 1. The van der Waals surface area contributed by atoms with E-state index in [2.05, 4.69) is 0 Å². The van der Waals surface area contributed by atoms with Crippen molar-refractivity contribution in [2.24, 2.45) is 17.6 Å². The van der Waals surface area contributed by atoms with E-state index in [9.17, 15) is 19.4 Å². The zero-order chi connectivity index (χ0) is 22.9. The minimum absolute atomic E-state index is 0.0588. The van der Waals surface area contributed by atoms with Crippen molar-refractivity contribution in [1.82, 2.24) is 0 Å². The molecule has 8 atom stereocenters. The van der Waals surface area contributed by atoms with Crippen molar-refractivity contribution in [1.29, 1.82) is 0 Å². The molecule has 2 aliphatic rings. The van der Waals surface area contributed by atoms with Crippen molar-refractivity contribution in [2.75, 3.05) is 6.61 Å². The van der Waals surface area contributed by atoms with Crippen molar-refractivity contribution in [3.63, 3.8) is 0 Å². The van der Waals surface area contributed by atoms with Crippen molar-refractivity contribution < 1.29 is 42.6 Å². The lowest BCUT2D eigenvalue weighted by Gasteiger charge is -2.31. The zero-order valence-corrected chi connectivity index (χ0v) is 19.4. The van der Waals surface area contributed by atoms with E-state index >= 15 is 0 Å². The summed E-state index contributed by atoms with van der Waals surface area (Å²) in [4.78, 5) is 22.9. The molecule has 0 aromatic carbocycles. The summed E-state index contributed by atoms with van der Waals surface area (Å²) in [6, 6.07) is 0. The molecule has 30 heavy (non-hydrogen) atoms. The maximum absolute atomic E-state index is 12.7. The third-order valence-electron chi connectivity index (χ3n) is 5.29. The first-order valence-electron chi connectivity index (χ1n) is 10.4. The maximum Gasteiger partial charge on any atom is 0.530 e. The topological polar surface area (TPSA) is 147 Å². The molecular weight excluding hydrogens is 417 g/mol. The highest BCUT2D eigenvalue weighted by molar-refractivity contribution is 7.48. The second-order valence-electron chi connectivity index (χ2n) is 8.90. The van der Waals surface area contributed by atoms with Gasteiger partial charge in [-0.2, -0.15) is 0 Å². The Morgan fingerprint density at radius 3 is 2.43 bits per heavy atom. The summed E-state index contributed by atoms with van der Waals surface area (Å²) in [6.45, 7) is 10.7. The van der Waals surface area contributed by atoms with Crippen LogP contribution in [0, 0.1) is 11.8 Å². The zero-order valence-electron chi connectivity index (χ0n) is 18.5. The molecule has 0 amide bonds. The molecule has 0 spiro atoms. The van der Waals surface area contributed by atoms with Crippen LogP contribution >= 0.6 is 7.82 Å². The van der Waals surface area contributed by atoms with E-state index in [0.29, 0.717) is 6.42 Å². The molecule has 4 N–H and O–H groups in total. The average molecular weight is 453 g/mol. The van der Waals surface area contributed by atoms with Gasteiger partial charge in [-0.05, 0) is 47.0 Å². The molecule has 0 radical (unpaired) electrons. The van der Waals surface area contributed by atoms with Crippen LogP contribution in [-0.2, 0) is 32.6 Å². The van der Waals surface area contributed by atoms with Crippen LogP contribution in [0.25, 0.3) is 0 Å². The van der Waals surface area contributed by atoms with Gasteiger partial charge in [-0.25, -0.2) is 4.57 Å². The fraction of sp³-hybridized carbons (Fsp3) is 0.947. The summed E-state index contributed by atoms with van der Waals surface area (Å²) >= 11 is 0. The number of phosphoric ester groups is 1. The Balaban J connectivity index is 2.07. The van der Waals surface area contributed by atoms with E-state index in [1.807, 2.05) is 13.8 Å². The quantitative estimate of drug-likeness (QED) is 0.441. The summed E-state index contributed by atoms with van der Waals surface area (Å²) < 4.78 is 39.5. The van der Waals surface area contributed by atoms with Crippen LogP contribution in [0.4, 0.5) is 0 Å². The van der Waals surface area contributed by atoms with Crippen LogP contribution < -0.4 is 5.73 Å². The third kappa shape index (κ3) is 6.46. The molecule has 0 aromatic rings. The van der Waals surface area contributed by atoms with Crippen molar-refractivity contribution in [2.45, 2.75) is 96.7 Å². The first kappa shape index (κ1) is 25.7. The van der Waals surface area contributed by atoms with E-state index in [-0.39, 0.29) is 37.3 Å². The molecule has 10 nitrogen and oxygen atoms in total. The van der Waals surface area contributed by atoms with Gasteiger partial charge in [0.2, 0.25) is 0 Å². The monoisotopic (exact) mass is 453 g/mol. The Hall–Kier alpha value is -0.580. The van der Waals surface area contributed by atoms with Crippen molar-refractivity contribution in [3.05, 3.63) is 0 Å². The predicted molar refractivity (Wildman–Crippen MR) is 107 cm³/mol. The molecular formula is C19H36NO9P. The van der Waals surface area contributed by atoms with E-state index in [1.165, 1.54) is 0 Å². The Bertz CT molecular complexity index is 643. The van der Waals surface area contributed by atoms with Gasteiger partial charge in [-0.15, -0.1) is 0 Å². The lowest BCUT2D eigenvalue weighted by atomic mass is 10.0. The number of nitrogens with two attached hydrogens (primary N) is 1. The largest absolute Gasteiger partial charge is 0.530 e. The van der Waals surface area contributed by atoms with Crippen LogP contribution in [0.3, 0.4) is 0 Å². The number of carbonyl (C=O) groups excluding carboxylic acids is 1. The molecule has 1 aliphatic heterocycles. The molecule has 1 saturated carbocycles.